The van der Waals surface area contributed by atoms with Crippen LogP contribution >= 0.6 is 11.8 Å². The fourth-order valence-electron chi connectivity index (χ4n) is 5.11. The van der Waals surface area contributed by atoms with Gasteiger partial charge in [0.2, 0.25) is 0 Å². The van der Waals surface area contributed by atoms with Crippen LogP contribution in [0, 0.1) is 6.92 Å². The van der Waals surface area contributed by atoms with Crippen LogP contribution in [0.15, 0.2) is 113 Å². The number of nitrogens with zero attached hydrogens (tertiary/aromatic N) is 2. The highest BCUT2D eigenvalue weighted by molar-refractivity contribution is 8.04. The van der Waals surface area contributed by atoms with E-state index in [2.05, 4.69) is 67.4 Å². The first-order valence-corrected chi connectivity index (χ1v) is 15.0. The number of amides is 1. The van der Waals surface area contributed by atoms with Crippen molar-refractivity contribution in [2.24, 2.45) is 0 Å². The summed E-state index contributed by atoms with van der Waals surface area (Å²) >= 11 is 1.50. The first-order valence-electron chi connectivity index (χ1n) is 14.2. The third-order valence-corrected chi connectivity index (χ3v) is 8.35. The Bertz CT molecular complexity index is 1530. The van der Waals surface area contributed by atoms with Crippen LogP contribution in [0.2, 0.25) is 0 Å². The topological polar surface area (TPSA) is 40.6 Å². The second kappa shape index (κ2) is 13.6. The average Bonchev–Trinajstić information content (AvgIpc) is 2.98. The van der Waals surface area contributed by atoms with Crippen molar-refractivity contribution in [3.63, 3.8) is 0 Å². The lowest BCUT2D eigenvalue weighted by Gasteiger charge is -2.30. The Labute approximate surface area is 247 Å². The lowest BCUT2D eigenvalue weighted by molar-refractivity contribution is -0.114. The van der Waals surface area contributed by atoms with Gasteiger partial charge in [0.15, 0.2) is 5.78 Å². The van der Waals surface area contributed by atoms with Gasteiger partial charge in [-0.2, -0.15) is 0 Å². The number of anilines is 1. The molecule has 0 aliphatic carbocycles. The van der Waals surface area contributed by atoms with Gasteiger partial charge in [-0.1, -0.05) is 108 Å². The predicted molar refractivity (Wildman–Crippen MR) is 170 cm³/mol. The summed E-state index contributed by atoms with van der Waals surface area (Å²) in [5.41, 5.74) is 6.15. The molecule has 5 rings (SSSR count). The molecule has 1 aliphatic heterocycles. The molecule has 4 aromatic rings. The molecule has 41 heavy (non-hydrogen) atoms. The third kappa shape index (κ3) is 7.63. The van der Waals surface area contributed by atoms with Crippen LogP contribution in [-0.2, 0) is 17.9 Å². The molecular weight excluding hydrogens is 524 g/mol. The van der Waals surface area contributed by atoms with Crippen molar-refractivity contribution in [1.29, 1.82) is 0 Å². The maximum Gasteiger partial charge on any atom is 0.265 e. The number of hydrogen-bond donors (Lipinski definition) is 0. The van der Waals surface area contributed by atoms with E-state index in [1.54, 1.807) is 0 Å². The Morgan fingerprint density at radius 1 is 0.854 bits per heavy atom. The summed E-state index contributed by atoms with van der Waals surface area (Å²) in [5, 5.41) is 0. The molecule has 0 aromatic heterocycles. The number of Topliss-reactive ketones (excluding diaryl/α,β-unsaturated/α-hetero) is 1. The van der Waals surface area contributed by atoms with Gasteiger partial charge in [-0.3, -0.25) is 9.59 Å². The number of unbranched alkanes of at least 4 members (excludes halogenated alkanes) is 1. The van der Waals surface area contributed by atoms with Crippen molar-refractivity contribution in [3.8, 4) is 0 Å². The number of benzene rings is 4. The SMILES string of the molecule is Cc1cccc(CN2C(=O)/C(=C\c3ccc(C(=O)CCCCN(C)Cc4ccccc4)cc3)Sc3ccccc32)c1. The van der Waals surface area contributed by atoms with E-state index < -0.39 is 0 Å². The van der Waals surface area contributed by atoms with Crippen molar-refractivity contribution >= 4 is 35.2 Å². The van der Waals surface area contributed by atoms with Gasteiger partial charge in [0, 0.05) is 23.4 Å². The van der Waals surface area contributed by atoms with E-state index in [4.69, 9.17) is 0 Å². The second-order valence-electron chi connectivity index (χ2n) is 10.7. The molecule has 4 aromatic carbocycles. The molecule has 0 atom stereocenters. The molecule has 4 nitrogen and oxygen atoms in total. The molecule has 0 saturated carbocycles. The molecular formula is C36H36N2O2S. The van der Waals surface area contributed by atoms with E-state index in [9.17, 15) is 9.59 Å². The first-order chi connectivity index (χ1) is 20.0. The largest absolute Gasteiger partial charge is 0.302 e. The molecule has 0 saturated heterocycles. The monoisotopic (exact) mass is 560 g/mol. The van der Waals surface area contributed by atoms with Crippen LogP contribution in [0.4, 0.5) is 5.69 Å². The zero-order chi connectivity index (χ0) is 28.6. The van der Waals surface area contributed by atoms with Crippen molar-refractivity contribution in [2.45, 2.75) is 44.2 Å². The number of thioether (sulfide) groups is 1. The van der Waals surface area contributed by atoms with Crippen molar-refractivity contribution in [3.05, 3.63) is 136 Å². The summed E-state index contributed by atoms with van der Waals surface area (Å²) in [5.74, 6) is 0.156. The summed E-state index contributed by atoms with van der Waals surface area (Å²) < 4.78 is 0. The van der Waals surface area contributed by atoms with E-state index >= 15 is 0 Å². The second-order valence-corrected chi connectivity index (χ2v) is 11.8. The number of carbonyl (C=O) groups excluding carboxylic acids is 2. The average molecular weight is 561 g/mol. The predicted octanol–water partition coefficient (Wildman–Crippen LogP) is 8.16. The lowest BCUT2D eigenvalue weighted by atomic mass is 10.0. The van der Waals surface area contributed by atoms with Gasteiger partial charge >= 0.3 is 0 Å². The van der Waals surface area contributed by atoms with E-state index in [0.29, 0.717) is 17.9 Å². The Balaban J connectivity index is 1.19. The smallest absolute Gasteiger partial charge is 0.265 e. The molecule has 5 heteroatoms. The highest BCUT2D eigenvalue weighted by atomic mass is 32.2. The molecule has 0 bridgehead atoms. The van der Waals surface area contributed by atoms with Crippen molar-refractivity contribution in [2.75, 3.05) is 18.5 Å². The van der Waals surface area contributed by atoms with Gasteiger partial charge in [0.25, 0.3) is 5.91 Å². The summed E-state index contributed by atoms with van der Waals surface area (Å²) in [7, 11) is 2.12. The minimum Gasteiger partial charge on any atom is -0.302 e. The van der Waals surface area contributed by atoms with Gasteiger partial charge in [0.1, 0.15) is 0 Å². The van der Waals surface area contributed by atoms with Crippen LogP contribution in [0.5, 0.6) is 0 Å². The molecule has 1 heterocycles. The van der Waals surface area contributed by atoms with E-state index in [-0.39, 0.29) is 11.7 Å². The van der Waals surface area contributed by atoms with E-state index in [0.717, 1.165) is 53.2 Å². The van der Waals surface area contributed by atoms with Crippen LogP contribution in [0.1, 0.15) is 51.9 Å². The Kier molecular flexibility index (Phi) is 9.50. The quantitative estimate of drug-likeness (QED) is 0.105. The lowest BCUT2D eigenvalue weighted by Crippen LogP contribution is -2.33. The third-order valence-electron chi connectivity index (χ3n) is 7.27. The number of hydrogen-bond acceptors (Lipinski definition) is 4. The fraction of sp³-hybridized carbons (Fsp3) is 0.222. The fourth-order valence-corrected chi connectivity index (χ4v) is 6.17. The molecule has 208 valence electrons. The molecule has 0 fully saturated rings. The summed E-state index contributed by atoms with van der Waals surface area (Å²) in [6, 6.07) is 34.4. The highest BCUT2D eigenvalue weighted by Gasteiger charge is 2.29. The van der Waals surface area contributed by atoms with Gasteiger partial charge in [-0.25, -0.2) is 0 Å². The van der Waals surface area contributed by atoms with Gasteiger partial charge in [0.05, 0.1) is 17.1 Å². The molecule has 0 unspecified atom stereocenters. The maximum absolute atomic E-state index is 13.6. The van der Waals surface area contributed by atoms with Crippen LogP contribution in [0.3, 0.4) is 0 Å². The summed E-state index contributed by atoms with van der Waals surface area (Å²) in [6.07, 6.45) is 4.33. The van der Waals surface area contributed by atoms with Crippen LogP contribution in [0.25, 0.3) is 6.08 Å². The number of fused-ring (bicyclic) bond motifs is 1. The van der Waals surface area contributed by atoms with E-state index in [1.807, 2.05) is 65.6 Å². The highest BCUT2D eigenvalue weighted by Crippen LogP contribution is 2.42. The van der Waals surface area contributed by atoms with Crippen molar-refractivity contribution in [1.82, 2.24) is 4.90 Å². The van der Waals surface area contributed by atoms with Gasteiger partial charge < -0.3 is 9.80 Å². The minimum absolute atomic E-state index is 0.00686. The maximum atomic E-state index is 13.6. The van der Waals surface area contributed by atoms with Crippen molar-refractivity contribution < 1.29 is 9.59 Å². The van der Waals surface area contributed by atoms with Gasteiger partial charge in [-0.05, 0) is 68.3 Å². The molecule has 1 amide bonds. The Morgan fingerprint density at radius 3 is 2.37 bits per heavy atom. The van der Waals surface area contributed by atoms with Crippen LogP contribution < -0.4 is 4.90 Å². The molecule has 0 N–H and O–H groups in total. The molecule has 0 radical (unpaired) electrons. The Hall–Kier alpha value is -3.93. The van der Waals surface area contributed by atoms with Gasteiger partial charge in [-0.15, -0.1) is 0 Å². The number of carbonyl (C=O) groups is 2. The number of ketones is 1. The zero-order valence-electron chi connectivity index (χ0n) is 23.8. The van der Waals surface area contributed by atoms with E-state index in [1.165, 1.54) is 22.9 Å². The normalized spacial score (nSPS) is 14.0. The standard InChI is InChI=1S/C36H36N2O2S/c1-27-11-10-14-30(23-27)26-38-32-15-6-7-17-34(32)41-35(36(38)40)24-28-18-20-31(21-19-28)33(39)16-8-9-22-37(2)25-29-12-4-3-5-13-29/h3-7,10-15,17-21,23-24H,8-9,16,22,25-26H2,1-2H3/b35-24+. The zero-order valence-corrected chi connectivity index (χ0v) is 24.6. The number of para-hydroxylation sites is 1. The molecule has 1 aliphatic rings. The summed E-state index contributed by atoms with van der Waals surface area (Å²) in [4.78, 5) is 32.4. The first kappa shape index (κ1) is 28.6. The Morgan fingerprint density at radius 2 is 1.59 bits per heavy atom. The minimum atomic E-state index is -0.00686. The summed E-state index contributed by atoms with van der Waals surface area (Å²) in [6.45, 7) is 4.47. The number of aryl methyl sites for hydroxylation is 1. The molecule has 0 spiro atoms. The number of rotatable bonds is 11. The van der Waals surface area contributed by atoms with Crippen LogP contribution in [-0.4, -0.2) is 30.2 Å².